The average molecular weight is 700 g/mol. The predicted octanol–water partition coefficient (Wildman–Crippen LogP) is 7.88. The van der Waals surface area contributed by atoms with Gasteiger partial charge in [-0.2, -0.15) is 0 Å². The first-order valence-electron chi connectivity index (χ1n) is 16.8. The van der Waals surface area contributed by atoms with Crippen molar-refractivity contribution in [3.8, 4) is 22.6 Å². The maximum atomic E-state index is 15.4. The van der Waals surface area contributed by atoms with Gasteiger partial charge in [-0.15, -0.1) is 0 Å². The minimum absolute atomic E-state index is 0.0234. The number of amides is 1. The van der Waals surface area contributed by atoms with Crippen LogP contribution in [-0.4, -0.2) is 65.3 Å². The number of aromatic nitrogens is 5. The first-order chi connectivity index (χ1) is 25.3. The molecule has 1 amide bonds. The number of rotatable bonds is 8. The van der Waals surface area contributed by atoms with E-state index in [1.807, 2.05) is 73.1 Å². The van der Waals surface area contributed by atoms with E-state index < -0.39 is 35.5 Å². The summed E-state index contributed by atoms with van der Waals surface area (Å²) in [6.45, 7) is -0.186. The summed E-state index contributed by atoms with van der Waals surface area (Å²) >= 11 is 0. The van der Waals surface area contributed by atoms with Crippen LogP contribution in [0.4, 0.5) is 23.8 Å². The normalized spacial score (nSPS) is 16.2. The number of anilines is 1. The molecule has 1 aliphatic heterocycles. The molecule has 1 fully saturated rings. The molecule has 1 saturated heterocycles. The zero-order valence-electron chi connectivity index (χ0n) is 27.7. The van der Waals surface area contributed by atoms with Gasteiger partial charge in [-0.3, -0.25) is 4.40 Å². The van der Waals surface area contributed by atoms with Gasteiger partial charge in [0.1, 0.15) is 23.1 Å². The predicted molar refractivity (Wildman–Crippen MR) is 191 cm³/mol. The van der Waals surface area contributed by atoms with E-state index in [1.165, 1.54) is 6.20 Å². The lowest BCUT2D eigenvalue weighted by Gasteiger charge is -2.38. The number of hydrogen-bond acceptors (Lipinski definition) is 5. The average Bonchev–Trinajstić information content (AvgIpc) is 3.83. The molecular weight excluding hydrogens is 667 g/mol. The first-order valence-corrected chi connectivity index (χ1v) is 16.8. The Balaban J connectivity index is 1.21. The van der Waals surface area contributed by atoms with Gasteiger partial charge >= 0.3 is 6.09 Å². The highest BCUT2D eigenvalue weighted by Crippen LogP contribution is 2.43. The number of benzene rings is 3. The zero-order valence-corrected chi connectivity index (χ0v) is 27.7. The molecule has 0 radical (unpaired) electrons. The van der Waals surface area contributed by atoms with Crippen molar-refractivity contribution in [1.29, 1.82) is 0 Å². The van der Waals surface area contributed by atoms with Crippen molar-refractivity contribution in [2.45, 2.75) is 24.2 Å². The summed E-state index contributed by atoms with van der Waals surface area (Å²) in [6, 6.07) is 34.0. The molecule has 0 aliphatic carbocycles. The van der Waals surface area contributed by atoms with E-state index in [0.29, 0.717) is 11.7 Å². The molecule has 1 aliphatic rings. The van der Waals surface area contributed by atoms with Crippen LogP contribution >= 0.6 is 0 Å². The van der Waals surface area contributed by atoms with Gasteiger partial charge in [0.15, 0.2) is 17.5 Å². The number of pyridine rings is 2. The summed E-state index contributed by atoms with van der Waals surface area (Å²) in [5.41, 5.74) is 4.37. The van der Waals surface area contributed by atoms with Crippen LogP contribution in [0.15, 0.2) is 134 Å². The molecular formula is C40H32F3N7O2. The van der Waals surface area contributed by atoms with E-state index in [1.54, 1.807) is 16.8 Å². The maximum Gasteiger partial charge on any atom is 0.407 e. The molecule has 0 unspecified atom stereocenters. The molecule has 2 N–H and O–H groups in total. The third kappa shape index (κ3) is 5.62. The van der Waals surface area contributed by atoms with Gasteiger partial charge in [-0.05, 0) is 35.2 Å². The molecule has 12 heteroatoms. The summed E-state index contributed by atoms with van der Waals surface area (Å²) in [5.74, 6) is -2.34. The molecule has 260 valence electrons. The Bertz CT molecular complexity index is 2270. The summed E-state index contributed by atoms with van der Waals surface area (Å²) < 4.78 is 48.9. The van der Waals surface area contributed by atoms with Crippen molar-refractivity contribution in [3.05, 3.63) is 162 Å². The molecule has 52 heavy (non-hydrogen) atoms. The summed E-state index contributed by atoms with van der Waals surface area (Å²) in [7, 11) is 0. The molecule has 0 bridgehead atoms. The van der Waals surface area contributed by atoms with Crippen LogP contribution in [0.5, 0.6) is 0 Å². The van der Waals surface area contributed by atoms with E-state index in [0.717, 1.165) is 32.8 Å². The molecule has 9 nitrogen and oxygen atoms in total. The molecule has 5 heterocycles. The molecule has 0 spiro atoms. The Labute approximate surface area is 296 Å². The van der Waals surface area contributed by atoms with Crippen LogP contribution in [0.2, 0.25) is 0 Å². The second kappa shape index (κ2) is 13.4. The van der Waals surface area contributed by atoms with Gasteiger partial charge < -0.3 is 19.9 Å². The van der Waals surface area contributed by atoms with Crippen molar-refractivity contribution in [3.63, 3.8) is 0 Å². The van der Waals surface area contributed by atoms with Crippen molar-refractivity contribution in [2.75, 3.05) is 18.4 Å². The third-order valence-corrected chi connectivity index (χ3v) is 9.68. The van der Waals surface area contributed by atoms with Gasteiger partial charge in [-0.1, -0.05) is 91.0 Å². The maximum absolute atomic E-state index is 15.4. The number of alkyl halides is 1. The topological polar surface area (TPSA) is 101 Å². The minimum atomic E-state index is -1.45. The van der Waals surface area contributed by atoms with E-state index in [-0.39, 0.29) is 36.7 Å². The SMILES string of the molecule is O=C(O)N1CC[C@H](F)[C@@H](Nc2nc(-c3cnc4cc(-c5cncn5C(c5ccccc5)(c5ccccc5)c5ccccc5)ccn34)c(F)cc2F)C1. The summed E-state index contributed by atoms with van der Waals surface area (Å²) in [4.78, 5) is 26.0. The molecule has 4 aromatic heterocycles. The number of halogens is 3. The molecule has 2 atom stereocenters. The lowest BCUT2D eigenvalue weighted by molar-refractivity contribution is 0.107. The van der Waals surface area contributed by atoms with Crippen molar-refractivity contribution < 1.29 is 23.1 Å². The van der Waals surface area contributed by atoms with Gasteiger partial charge in [0.25, 0.3) is 0 Å². The molecule has 3 aromatic carbocycles. The zero-order chi connectivity index (χ0) is 35.8. The van der Waals surface area contributed by atoms with Crippen LogP contribution in [0.3, 0.4) is 0 Å². The highest BCUT2D eigenvalue weighted by atomic mass is 19.1. The van der Waals surface area contributed by atoms with Gasteiger partial charge in [-0.25, -0.2) is 32.9 Å². The van der Waals surface area contributed by atoms with E-state index in [4.69, 9.17) is 0 Å². The van der Waals surface area contributed by atoms with Crippen LogP contribution in [0.1, 0.15) is 23.1 Å². The smallest absolute Gasteiger partial charge is 0.407 e. The second-order valence-electron chi connectivity index (χ2n) is 12.7. The fourth-order valence-corrected chi connectivity index (χ4v) is 7.20. The Kier molecular flexibility index (Phi) is 8.42. The number of carbonyl (C=O) groups is 1. The summed E-state index contributed by atoms with van der Waals surface area (Å²) in [6.07, 6.45) is 4.09. The minimum Gasteiger partial charge on any atom is -0.465 e. The van der Waals surface area contributed by atoms with Gasteiger partial charge in [0.05, 0.1) is 36.2 Å². The molecule has 8 rings (SSSR count). The monoisotopic (exact) mass is 699 g/mol. The lowest BCUT2D eigenvalue weighted by Crippen LogP contribution is -2.50. The second-order valence-corrected chi connectivity index (χ2v) is 12.7. The van der Waals surface area contributed by atoms with Crippen molar-refractivity contribution in [1.82, 2.24) is 28.8 Å². The first kappa shape index (κ1) is 32.8. The summed E-state index contributed by atoms with van der Waals surface area (Å²) in [5, 5.41) is 12.1. The van der Waals surface area contributed by atoms with Crippen LogP contribution in [0.25, 0.3) is 28.3 Å². The Morgan fingerprint density at radius 1 is 0.827 bits per heavy atom. The Hall–Kier alpha value is -6.43. The largest absolute Gasteiger partial charge is 0.465 e. The standard InChI is InChI=1S/C40H32F3N7O2/c41-30-17-18-48(39(51)52)24-33(30)46-38-32(43)21-31(42)37(47-38)35-23-45-36-20-26(16-19-49(35)36)34-22-44-25-50(34)40(27-10-4-1-5-11-27,28-12-6-2-7-13-28)29-14-8-3-9-15-29/h1-16,19-23,25,30,33H,17-18,24H2,(H,46,47)(H,51,52)/t30-,33-/m0/s1. The lowest BCUT2D eigenvalue weighted by atomic mass is 9.76. The Morgan fingerprint density at radius 2 is 1.46 bits per heavy atom. The number of imidazole rings is 2. The van der Waals surface area contributed by atoms with Crippen molar-refractivity contribution in [2.24, 2.45) is 0 Å². The fraction of sp³-hybridized carbons (Fsp3) is 0.150. The van der Waals surface area contributed by atoms with Crippen LogP contribution < -0.4 is 5.32 Å². The van der Waals surface area contributed by atoms with E-state index in [2.05, 4.69) is 61.2 Å². The Morgan fingerprint density at radius 3 is 2.08 bits per heavy atom. The molecule has 0 saturated carbocycles. The van der Waals surface area contributed by atoms with Gasteiger partial charge in [0, 0.05) is 30.9 Å². The number of hydrogen-bond donors (Lipinski definition) is 2. The highest BCUT2D eigenvalue weighted by Gasteiger charge is 2.40. The quantitative estimate of drug-likeness (QED) is 0.157. The highest BCUT2D eigenvalue weighted by molar-refractivity contribution is 5.70. The fourth-order valence-electron chi connectivity index (χ4n) is 7.20. The van der Waals surface area contributed by atoms with E-state index in [9.17, 15) is 18.7 Å². The van der Waals surface area contributed by atoms with Gasteiger partial charge in [0.2, 0.25) is 0 Å². The van der Waals surface area contributed by atoms with E-state index >= 15 is 4.39 Å². The molecule has 7 aromatic rings. The number of piperidine rings is 1. The van der Waals surface area contributed by atoms with Crippen LogP contribution in [0, 0.1) is 11.6 Å². The number of carboxylic acid groups (broad SMARTS) is 1. The number of fused-ring (bicyclic) bond motifs is 1. The van der Waals surface area contributed by atoms with Crippen LogP contribution in [-0.2, 0) is 5.54 Å². The number of nitrogens with one attached hydrogen (secondary N) is 1. The number of likely N-dealkylation sites (tertiary alicyclic amines) is 1. The number of nitrogens with zero attached hydrogens (tertiary/aromatic N) is 6. The van der Waals surface area contributed by atoms with Crippen molar-refractivity contribution >= 4 is 17.6 Å². The third-order valence-electron chi connectivity index (χ3n) is 9.68.